The molecule has 2 aromatic heterocycles. The van der Waals surface area contributed by atoms with Crippen molar-refractivity contribution in [3.63, 3.8) is 0 Å². The number of nitrogens with zero attached hydrogens (tertiary/aromatic N) is 3. The Balaban J connectivity index is 1.54. The summed E-state index contributed by atoms with van der Waals surface area (Å²) in [7, 11) is 0. The van der Waals surface area contributed by atoms with Crippen LogP contribution in [0.2, 0.25) is 0 Å². The van der Waals surface area contributed by atoms with Crippen LogP contribution in [0.3, 0.4) is 0 Å². The highest BCUT2D eigenvalue weighted by Gasteiger charge is 2.20. The van der Waals surface area contributed by atoms with Gasteiger partial charge >= 0.3 is 5.97 Å². The number of nitrogens with two attached hydrogens (primary N) is 1. The van der Waals surface area contributed by atoms with Crippen molar-refractivity contribution in [2.24, 2.45) is 11.7 Å². The van der Waals surface area contributed by atoms with Crippen LogP contribution in [0.5, 0.6) is 0 Å². The molecule has 1 aromatic carbocycles. The van der Waals surface area contributed by atoms with Gasteiger partial charge in [-0.15, -0.1) is 0 Å². The molecule has 3 heterocycles. The zero-order chi connectivity index (χ0) is 19.3. The number of aromatic nitrogens is 3. The zero-order valence-electron chi connectivity index (χ0n) is 15.8. The molecule has 0 unspecified atom stereocenters. The third kappa shape index (κ3) is 3.90. The highest BCUT2D eigenvalue weighted by atomic mass is 16.5. The first kappa shape index (κ1) is 18.6. The van der Waals surface area contributed by atoms with Crippen LogP contribution in [0.1, 0.15) is 35.3 Å². The summed E-state index contributed by atoms with van der Waals surface area (Å²) in [4.78, 5) is 16.9. The van der Waals surface area contributed by atoms with E-state index in [1.165, 1.54) is 0 Å². The van der Waals surface area contributed by atoms with Crippen LogP contribution in [0.25, 0.3) is 16.6 Å². The minimum atomic E-state index is -0.387. The van der Waals surface area contributed by atoms with Gasteiger partial charge < -0.3 is 15.8 Å². The summed E-state index contributed by atoms with van der Waals surface area (Å²) in [5.41, 5.74) is 8.66. The Morgan fingerprint density at radius 2 is 2.00 bits per heavy atom. The molecule has 0 atom stereocenters. The van der Waals surface area contributed by atoms with Gasteiger partial charge in [0.2, 0.25) is 0 Å². The molecule has 3 N–H and O–H groups in total. The number of hydrogen-bond donors (Lipinski definition) is 2. The molecule has 7 nitrogen and oxygen atoms in total. The maximum Gasteiger partial charge on any atom is 0.359 e. The second kappa shape index (κ2) is 8.50. The highest BCUT2D eigenvalue weighted by Crippen LogP contribution is 2.23. The standard InChI is InChI=1S/C21H25N5O2/c22-13-16-1-3-17(4-2-16)26-19-14-24-11-7-18(19)20(25-26)21(27)28-12-8-15-5-9-23-10-6-15/h1-4,7,11,14-15,23H,5-6,8-10,12-13,22H2. The number of ether oxygens (including phenoxy) is 1. The van der Waals surface area contributed by atoms with Crippen molar-refractivity contribution in [1.82, 2.24) is 20.1 Å². The average molecular weight is 379 g/mol. The molecule has 0 saturated carbocycles. The zero-order valence-corrected chi connectivity index (χ0v) is 15.8. The number of nitrogens with one attached hydrogen (secondary N) is 1. The molecular weight excluding hydrogens is 354 g/mol. The molecule has 1 saturated heterocycles. The Kier molecular flexibility index (Phi) is 5.64. The SMILES string of the molecule is NCc1ccc(-n2nc(C(=O)OCCC3CCNCC3)c3ccncc32)cc1. The lowest BCUT2D eigenvalue weighted by Gasteiger charge is -2.22. The van der Waals surface area contributed by atoms with E-state index in [4.69, 9.17) is 10.5 Å². The molecule has 7 heteroatoms. The van der Waals surface area contributed by atoms with E-state index in [0.29, 0.717) is 24.8 Å². The lowest BCUT2D eigenvalue weighted by molar-refractivity contribution is 0.0471. The van der Waals surface area contributed by atoms with Crippen molar-refractivity contribution in [2.75, 3.05) is 19.7 Å². The highest BCUT2D eigenvalue weighted by molar-refractivity contribution is 6.02. The van der Waals surface area contributed by atoms with Crippen molar-refractivity contribution >= 4 is 16.9 Å². The first-order valence-electron chi connectivity index (χ1n) is 9.76. The second-order valence-electron chi connectivity index (χ2n) is 7.14. The molecule has 3 aromatic rings. The molecule has 0 aliphatic carbocycles. The summed E-state index contributed by atoms with van der Waals surface area (Å²) in [6, 6.07) is 9.59. The Morgan fingerprint density at radius 3 is 2.75 bits per heavy atom. The fourth-order valence-corrected chi connectivity index (χ4v) is 3.64. The van der Waals surface area contributed by atoms with Crippen LogP contribution in [-0.2, 0) is 11.3 Å². The third-order valence-electron chi connectivity index (χ3n) is 5.31. The topological polar surface area (TPSA) is 95.1 Å². The molecule has 0 radical (unpaired) electrons. The van der Waals surface area contributed by atoms with Gasteiger partial charge in [0.15, 0.2) is 5.69 Å². The van der Waals surface area contributed by atoms with Gasteiger partial charge in [0.1, 0.15) is 0 Å². The number of fused-ring (bicyclic) bond motifs is 1. The average Bonchev–Trinajstić information content (AvgIpc) is 3.14. The Morgan fingerprint density at radius 1 is 1.21 bits per heavy atom. The summed E-state index contributed by atoms with van der Waals surface area (Å²) >= 11 is 0. The first-order chi connectivity index (χ1) is 13.8. The molecular formula is C21H25N5O2. The van der Waals surface area contributed by atoms with Crippen molar-refractivity contribution in [3.05, 3.63) is 54.0 Å². The van der Waals surface area contributed by atoms with Crippen LogP contribution < -0.4 is 11.1 Å². The van der Waals surface area contributed by atoms with E-state index in [1.807, 2.05) is 24.3 Å². The predicted octanol–water partition coefficient (Wildman–Crippen LogP) is 2.43. The van der Waals surface area contributed by atoms with Gasteiger partial charge in [-0.25, -0.2) is 9.48 Å². The number of piperidine rings is 1. The normalized spacial score (nSPS) is 15.0. The molecule has 1 aliphatic rings. The van der Waals surface area contributed by atoms with E-state index < -0.39 is 0 Å². The van der Waals surface area contributed by atoms with Crippen LogP contribution in [0.15, 0.2) is 42.7 Å². The van der Waals surface area contributed by atoms with Gasteiger partial charge in [-0.1, -0.05) is 12.1 Å². The molecule has 0 amide bonds. The predicted molar refractivity (Wildman–Crippen MR) is 107 cm³/mol. The number of carbonyl (C=O) groups is 1. The van der Waals surface area contributed by atoms with Crippen molar-refractivity contribution in [3.8, 4) is 5.69 Å². The van der Waals surface area contributed by atoms with E-state index in [-0.39, 0.29) is 5.97 Å². The summed E-state index contributed by atoms with van der Waals surface area (Å²) in [6.45, 7) is 3.00. The van der Waals surface area contributed by atoms with Gasteiger partial charge in [-0.3, -0.25) is 4.98 Å². The van der Waals surface area contributed by atoms with Crippen LogP contribution in [0, 0.1) is 5.92 Å². The molecule has 4 rings (SSSR count). The van der Waals surface area contributed by atoms with E-state index in [9.17, 15) is 4.79 Å². The number of benzene rings is 1. The molecule has 0 spiro atoms. The maximum atomic E-state index is 12.7. The number of carbonyl (C=O) groups excluding carboxylic acids is 1. The number of esters is 1. The largest absolute Gasteiger partial charge is 0.461 e. The summed E-state index contributed by atoms with van der Waals surface area (Å²) in [5, 5.41) is 8.63. The van der Waals surface area contributed by atoms with Crippen LogP contribution in [-0.4, -0.2) is 40.4 Å². The monoisotopic (exact) mass is 379 g/mol. The van der Waals surface area contributed by atoms with Gasteiger partial charge in [0.25, 0.3) is 0 Å². The summed E-state index contributed by atoms with van der Waals surface area (Å²) in [5.74, 6) is 0.232. The quantitative estimate of drug-likeness (QED) is 0.639. The van der Waals surface area contributed by atoms with Crippen molar-refractivity contribution in [2.45, 2.75) is 25.8 Å². The lowest BCUT2D eigenvalue weighted by atomic mass is 9.95. The number of hydrogen-bond acceptors (Lipinski definition) is 6. The second-order valence-corrected chi connectivity index (χ2v) is 7.14. The Hall–Kier alpha value is -2.77. The lowest BCUT2D eigenvalue weighted by Crippen LogP contribution is -2.28. The van der Waals surface area contributed by atoms with Gasteiger partial charge in [0.05, 0.1) is 24.0 Å². The molecule has 146 valence electrons. The van der Waals surface area contributed by atoms with Gasteiger partial charge in [-0.2, -0.15) is 5.10 Å². The summed E-state index contributed by atoms with van der Waals surface area (Å²) < 4.78 is 7.28. The maximum absolute atomic E-state index is 12.7. The molecule has 1 fully saturated rings. The number of rotatable bonds is 6. The fourth-order valence-electron chi connectivity index (χ4n) is 3.64. The van der Waals surface area contributed by atoms with E-state index in [0.717, 1.165) is 54.5 Å². The fraction of sp³-hybridized carbons (Fsp3) is 0.381. The minimum absolute atomic E-state index is 0.325. The molecule has 28 heavy (non-hydrogen) atoms. The number of pyridine rings is 1. The first-order valence-corrected chi connectivity index (χ1v) is 9.76. The van der Waals surface area contributed by atoms with E-state index >= 15 is 0 Å². The minimum Gasteiger partial charge on any atom is -0.461 e. The van der Waals surface area contributed by atoms with Gasteiger partial charge in [-0.05, 0) is 62.0 Å². The van der Waals surface area contributed by atoms with Gasteiger partial charge in [0, 0.05) is 18.1 Å². The molecule has 0 bridgehead atoms. The van der Waals surface area contributed by atoms with E-state index in [1.54, 1.807) is 23.1 Å². The van der Waals surface area contributed by atoms with Crippen molar-refractivity contribution in [1.29, 1.82) is 0 Å². The van der Waals surface area contributed by atoms with E-state index in [2.05, 4.69) is 15.4 Å². The van der Waals surface area contributed by atoms with Crippen LogP contribution in [0.4, 0.5) is 0 Å². The Labute approximate surface area is 163 Å². The van der Waals surface area contributed by atoms with Crippen molar-refractivity contribution < 1.29 is 9.53 Å². The van der Waals surface area contributed by atoms with Crippen LogP contribution >= 0.6 is 0 Å². The molecule has 1 aliphatic heterocycles. The summed E-state index contributed by atoms with van der Waals surface area (Å²) in [6.07, 6.45) is 6.55. The third-order valence-corrected chi connectivity index (χ3v) is 5.31. The smallest absolute Gasteiger partial charge is 0.359 e. The Bertz CT molecular complexity index is 945.